The average Bonchev–Trinajstić information content (AvgIpc) is 2.16. The lowest BCUT2D eigenvalue weighted by molar-refractivity contribution is -0.0838. The molecule has 0 radical (unpaired) electrons. The van der Waals surface area contributed by atoms with E-state index >= 15 is 0 Å². The highest BCUT2D eigenvalue weighted by Gasteiger charge is 2.11. The van der Waals surface area contributed by atoms with Crippen molar-refractivity contribution in [3.63, 3.8) is 0 Å². The van der Waals surface area contributed by atoms with Gasteiger partial charge in [0.2, 0.25) is 6.29 Å². The number of hydrogen-bond donors (Lipinski definition) is 0. The van der Waals surface area contributed by atoms with E-state index in [1.54, 1.807) is 0 Å². The molecule has 2 heteroatoms. The number of allylic oxidation sites excluding steroid dienone is 4. The fourth-order valence-corrected chi connectivity index (χ4v) is 1.48. The summed E-state index contributed by atoms with van der Waals surface area (Å²) in [5.41, 5.74) is 1.06. The van der Waals surface area contributed by atoms with Gasteiger partial charge in [-0.2, -0.15) is 0 Å². The average molecular weight is 238 g/mol. The van der Waals surface area contributed by atoms with Crippen LogP contribution in [0, 0.1) is 0 Å². The Morgan fingerprint density at radius 1 is 1.00 bits per heavy atom. The molecule has 0 amide bonds. The summed E-state index contributed by atoms with van der Waals surface area (Å²) in [5, 5.41) is 0. The quantitative estimate of drug-likeness (QED) is 0.339. The maximum atomic E-state index is 5.76. The Balaban J connectivity index is 4.48. The lowest BCUT2D eigenvalue weighted by Gasteiger charge is -2.21. The van der Waals surface area contributed by atoms with Gasteiger partial charge in [0.05, 0.1) is 11.5 Å². The molecule has 0 bridgehead atoms. The Hall–Kier alpha value is -1.18. The Bertz CT molecular complexity index is 265. The van der Waals surface area contributed by atoms with Gasteiger partial charge in [0, 0.05) is 6.42 Å². The first-order chi connectivity index (χ1) is 7.99. The summed E-state index contributed by atoms with van der Waals surface area (Å²) in [6, 6.07) is 0. The standard InChI is InChI=1S/C15H26O2/c1-7-9-13(5)16-15(11-12(3)4)17-14(6)10-8-2/h9-10,15H,3,7-8,11H2,1-2,4-6H3. The molecule has 17 heavy (non-hydrogen) atoms. The van der Waals surface area contributed by atoms with Crippen molar-refractivity contribution < 1.29 is 9.47 Å². The summed E-state index contributed by atoms with van der Waals surface area (Å²) in [6.45, 7) is 14.0. The smallest absolute Gasteiger partial charge is 0.243 e. The molecule has 0 aliphatic heterocycles. The van der Waals surface area contributed by atoms with Crippen molar-refractivity contribution in [3.8, 4) is 0 Å². The highest BCUT2D eigenvalue weighted by Crippen LogP contribution is 2.16. The van der Waals surface area contributed by atoms with E-state index in [2.05, 4.69) is 20.4 Å². The van der Waals surface area contributed by atoms with Crippen LogP contribution >= 0.6 is 0 Å². The van der Waals surface area contributed by atoms with Gasteiger partial charge >= 0.3 is 0 Å². The van der Waals surface area contributed by atoms with Crippen LogP contribution in [0.1, 0.15) is 53.9 Å². The second-order valence-corrected chi connectivity index (χ2v) is 4.27. The summed E-state index contributed by atoms with van der Waals surface area (Å²) in [4.78, 5) is 0. The van der Waals surface area contributed by atoms with Gasteiger partial charge in [-0.1, -0.05) is 26.0 Å². The maximum absolute atomic E-state index is 5.76. The third kappa shape index (κ3) is 8.61. The fraction of sp³-hybridized carbons (Fsp3) is 0.600. The van der Waals surface area contributed by atoms with E-state index in [0.717, 1.165) is 29.9 Å². The van der Waals surface area contributed by atoms with Crippen LogP contribution in [0.2, 0.25) is 0 Å². The highest BCUT2D eigenvalue weighted by molar-refractivity contribution is 4.95. The predicted octanol–water partition coefficient (Wildman–Crippen LogP) is 4.94. The van der Waals surface area contributed by atoms with Gasteiger partial charge in [0.1, 0.15) is 0 Å². The fourth-order valence-electron chi connectivity index (χ4n) is 1.48. The van der Waals surface area contributed by atoms with E-state index in [9.17, 15) is 0 Å². The third-order valence-electron chi connectivity index (χ3n) is 2.13. The van der Waals surface area contributed by atoms with E-state index in [4.69, 9.17) is 9.47 Å². The predicted molar refractivity (Wildman–Crippen MR) is 73.5 cm³/mol. The second kappa shape index (κ2) is 8.91. The molecule has 0 aliphatic carbocycles. The molecule has 0 unspecified atom stereocenters. The highest BCUT2D eigenvalue weighted by atomic mass is 16.7. The van der Waals surface area contributed by atoms with Gasteiger partial charge in [-0.05, 0) is 45.8 Å². The van der Waals surface area contributed by atoms with Gasteiger partial charge in [-0.15, -0.1) is 0 Å². The molecule has 0 fully saturated rings. The van der Waals surface area contributed by atoms with Gasteiger partial charge in [-0.3, -0.25) is 0 Å². The molecule has 2 nitrogen and oxygen atoms in total. The molecular formula is C15H26O2. The molecule has 0 rings (SSSR count). The number of hydrogen-bond acceptors (Lipinski definition) is 2. The molecule has 0 aromatic carbocycles. The molecular weight excluding hydrogens is 212 g/mol. The summed E-state index contributed by atoms with van der Waals surface area (Å²) in [5.74, 6) is 1.81. The molecule has 0 aliphatic rings. The van der Waals surface area contributed by atoms with Crippen LogP contribution in [0.15, 0.2) is 35.8 Å². The van der Waals surface area contributed by atoms with Crippen LogP contribution < -0.4 is 0 Å². The zero-order chi connectivity index (χ0) is 13.3. The van der Waals surface area contributed by atoms with E-state index in [1.165, 1.54) is 0 Å². The third-order valence-corrected chi connectivity index (χ3v) is 2.13. The van der Waals surface area contributed by atoms with Crippen LogP contribution in [0.4, 0.5) is 0 Å². The minimum atomic E-state index is -0.266. The minimum Gasteiger partial charge on any atom is -0.460 e. The molecule has 0 aromatic heterocycles. The van der Waals surface area contributed by atoms with E-state index in [1.807, 2.05) is 32.9 Å². The van der Waals surface area contributed by atoms with Crippen LogP contribution in [0.25, 0.3) is 0 Å². The van der Waals surface area contributed by atoms with Crippen LogP contribution in [0.3, 0.4) is 0 Å². The van der Waals surface area contributed by atoms with E-state index in [0.29, 0.717) is 6.42 Å². The topological polar surface area (TPSA) is 18.5 Å². The minimum absolute atomic E-state index is 0.266. The largest absolute Gasteiger partial charge is 0.460 e. The lowest BCUT2D eigenvalue weighted by Crippen LogP contribution is -2.16. The number of rotatable bonds is 8. The SMILES string of the molecule is C=C(C)CC(OC(C)=CCC)OC(C)=CCC. The zero-order valence-electron chi connectivity index (χ0n) is 11.9. The normalized spacial score (nSPS) is 14.4. The summed E-state index contributed by atoms with van der Waals surface area (Å²) in [6.07, 6.45) is 6.48. The van der Waals surface area contributed by atoms with Crippen LogP contribution in [0.5, 0.6) is 0 Å². The van der Waals surface area contributed by atoms with Crippen LogP contribution in [-0.4, -0.2) is 6.29 Å². The Morgan fingerprint density at radius 3 is 1.71 bits per heavy atom. The van der Waals surface area contributed by atoms with E-state index < -0.39 is 0 Å². The molecule has 0 saturated carbocycles. The van der Waals surface area contributed by atoms with Gasteiger partial charge < -0.3 is 9.47 Å². The van der Waals surface area contributed by atoms with Crippen molar-refractivity contribution in [2.45, 2.75) is 60.2 Å². The summed E-state index contributed by atoms with van der Waals surface area (Å²) in [7, 11) is 0. The Morgan fingerprint density at radius 2 is 1.41 bits per heavy atom. The van der Waals surface area contributed by atoms with Crippen molar-refractivity contribution in [1.29, 1.82) is 0 Å². The first-order valence-corrected chi connectivity index (χ1v) is 6.30. The summed E-state index contributed by atoms with van der Waals surface area (Å²) < 4.78 is 11.5. The molecule has 0 aromatic rings. The Labute approximate surface area is 106 Å². The molecule has 0 spiro atoms. The van der Waals surface area contributed by atoms with Gasteiger partial charge in [0.25, 0.3) is 0 Å². The van der Waals surface area contributed by atoms with Crippen molar-refractivity contribution in [2.75, 3.05) is 0 Å². The monoisotopic (exact) mass is 238 g/mol. The number of ether oxygens (including phenoxy) is 2. The Kier molecular flexibility index (Phi) is 8.29. The molecule has 0 N–H and O–H groups in total. The maximum Gasteiger partial charge on any atom is 0.243 e. The summed E-state index contributed by atoms with van der Waals surface area (Å²) >= 11 is 0. The molecule has 0 saturated heterocycles. The second-order valence-electron chi connectivity index (χ2n) is 4.27. The lowest BCUT2D eigenvalue weighted by atomic mass is 10.2. The van der Waals surface area contributed by atoms with Crippen molar-refractivity contribution >= 4 is 0 Å². The molecule has 0 heterocycles. The zero-order valence-corrected chi connectivity index (χ0v) is 11.9. The van der Waals surface area contributed by atoms with Crippen LogP contribution in [-0.2, 0) is 9.47 Å². The molecule has 0 atom stereocenters. The first-order valence-electron chi connectivity index (χ1n) is 6.30. The van der Waals surface area contributed by atoms with Crippen molar-refractivity contribution in [1.82, 2.24) is 0 Å². The van der Waals surface area contributed by atoms with E-state index in [-0.39, 0.29) is 6.29 Å². The van der Waals surface area contributed by atoms with Crippen molar-refractivity contribution in [2.24, 2.45) is 0 Å². The van der Waals surface area contributed by atoms with Gasteiger partial charge in [0.15, 0.2) is 0 Å². The van der Waals surface area contributed by atoms with Crippen molar-refractivity contribution in [3.05, 3.63) is 35.8 Å². The first kappa shape index (κ1) is 15.8. The molecule has 98 valence electrons. The van der Waals surface area contributed by atoms with Gasteiger partial charge in [-0.25, -0.2) is 0 Å².